The first-order chi connectivity index (χ1) is 8.28. The number of benzene rings is 1. The van der Waals surface area contributed by atoms with Gasteiger partial charge in [-0.1, -0.05) is 26.8 Å². The standard InChI is InChI=1S/C14H18FNOSi/c1-10-6-7-13(15)8-12(10)9-16-11(2)17-18-14(3,4)5/h6-9H,2H2,1,3-5H3. The van der Waals surface area contributed by atoms with Crippen LogP contribution in [0.15, 0.2) is 35.7 Å². The predicted octanol–water partition coefficient (Wildman–Crippen LogP) is 3.88. The molecule has 0 bridgehead atoms. The van der Waals surface area contributed by atoms with Crippen molar-refractivity contribution in [2.45, 2.75) is 32.7 Å². The molecule has 2 radical (unpaired) electrons. The molecule has 0 saturated carbocycles. The van der Waals surface area contributed by atoms with Gasteiger partial charge in [0.15, 0.2) is 5.88 Å². The van der Waals surface area contributed by atoms with Gasteiger partial charge in [0, 0.05) is 6.21 Å². The van der Waals surface area contributed by atoms with Gasteiger partial charge in [-0.05, 0) is 41.8 Å². The average Bonchev–Trinajstić information content (AvgIpc) is 2.26. The van der Waals surface area contributed by atoms with E-state index in [1.54, 1.807) is 12.3 Å². The van der Waals surface area contributed by atoms with Crippen molar-refractivity contribution in [3.63, 3.8) is 0 Å². The maximum atomic E-state index is 13.1. The summed E-state index contributed by atoms with van der Waals surface area (Å²) < 4.78 is 18.5. The van der Waals surface area contributed by atoms with E-state index >= 15 is 0 Å². The molecule has 0 aliphatic carbocycles. The third-order valence-electron chi connectivity index (χ3n) is 2.06. The SMILES string of the molecule is C=C(N=Cc1cc(F)ccc1C)O[Si]C(C)(C)C. The number of rotatable bonds is 4. The summed E-state index contributed by atoms with van der Waals surface area (Å²) in [6, 6.07) is 4.59. The van der Waals surface area contributed by atoms with Crippen molar-refractivity contribution >= 4 is 16.0 Å². The molecule has 1 aromatic carbocycles. The van der Waals surface area contributed by atoms with Crippen LogP contribution in [0.1, 0.15) is 31.9 Å². The maximum Gasteiger partial charge on any atom is 0.318 e. The lowest BCUT2D eigenvalue weighted by molar-refractivity contribution is 0.425. The zero-order valence-corrected chi connectivity index (χ0v) is 12.2. The molecule has 18 heavy (non-hydrogen) atoms. The molecule has 0 heterocycles. The molecule has 0 fully saturated rings. The molecule has 0 saturated heterocycles. The summed E-state index contributed by atoms with van der Waals surface area (Å²) in [4.78, 5) is 4.10. The lowest BCUT2D eigenvalue weighted by Crippen LogP contribution is -2.11. The van der Waals surface area contributed by atoms with Crippen LogP contribution in [0.3, 0.4) is 0 Å². The summed E-state index contributed by atoms with van der Waals surface area (Å²) >= 11 is 0. The van der Waals surface area contributed by atoms with Gasteiger partial charge in [0.2, 0.25) is 0 Å². The number of aliphatic imine (C=N–C) groups is 1. The third-order valence-corrected chi connectivity index (χ3v) is 3.01. The van der Waals surface area contributed by atoms with E-state index in [1.165, 1.54) is 12.1 Å². The Labute approximate surface area is 111 Å². The Hall–Kier alpha value is -1.42. The second-order valence-electron chi connectivity index (χ2n) is 5.11. The van der Waals surface area contributed by atoms with Crippen LogP contribution < -0.4 is 0 Å². The molecular formula is C14H18FNOSi. The summed E-state index contributed by atoms with van der Waals surface area (Å²) in [5.74, 6) is 0.0806. The summed E-state index contributed by atoms with van der Waals surface area (Å²) in [6.45, 7) is 11.9. The number of hydrogen-bond acceptors (Lipinski definition) is 2. The van der Waals surface area contributed by atoms with Crippen LogP contribution in [0, 0.1) is 12.7 Å². The van der Waals surface area contributed by atoms with Crippen LogP contribution in [0.2, 0.25) is 5.04 Å². The van der Waals surface area contributed by atoms with Crippen molar-refractivity contribution in [3.8, 4) is 0 Å². The lowest BCUT2D eigenvalue weighted by Gasteiger charge is -2.15. The molecule has 0 unspecified atom stereocenters. The van der Waals surface area contributed by atoms with Crippen molar-refractivity contribution in [3.05, 3.63) is 47.6 Å². The molecule has 1 aromatic rings. The van der Waals surface area contributed by atoms with Gasteiger partial charge in [-0.15, -0.1) is 0 Å². The molecule has 1 rings (SSSR count). The van der Waals surface area contributed by atoms with Crippen molar-refractivity contribution < 1.29 is 8.82 Å². The van der Waals surface area contributed by atoms with Crippen molar-refractivity contribution in [2.75, 3.05) is 0 Å². The second kappa shape index (κ2) is 5.95. The van der Waals surface area contributed by atoms with E-state index in [1.807, 2.05) is 6.92 Å². The lowest BCUT2D eigenvalue weighted by atomic mass is 10.1. The second-order valence-corrected chi connectivity index (χ2v) is 7.02. The maximum absolute atomic E-state index is 13.1. The Morgan fingerprint density at radius 3 is 2.72 bits per heavy atom. The molecule has 4 heteroatoms. The van der Waals surface area contributed by atoms with Crippen LogP contribution >= 0.6 is 0 Å². The largest absolute Gasteiger partial charge is 0.528 e. The van der Waals surface area contributed by atoms with E-state index in [-0.39, 0.29) is 10.9 Å². The molecule has 0 atom stereocenters. The van der Waals surface area contributed by atoms with Gasteiger partial charge < -0.3 is 4.43 Å². The smallest absolute Gasteiger partial charge is 0.318 e. The number of aryl methyl sites for hydroxylation is 1. The average molecular weight is 263 g/mol. The number of nitrogens with zero attached hydrogens (tertiary/aromatic N) is 1. The van der Waals surface area contributed by atoms with E-state index in [2.05, 4.69) is 32.3 Å². The first-order valence-electron chi connectivity index (χ1n) is 5.71. The fourth-order valence-electron chi connectivity index (χ4n) is 1.13. The van der Waals surface area contributed by atoms with Crippen LogP contribution in [0.5, 0.6) is 0 Å². The molecule has 0 aliphatic rings. The highest BCUT2D eigenvalue weighted by Crippen LogP contribution is 2.21. The van der Waals surface area contributed by atoms with Gasteiger partial charge in [0.25, 0.3) is 0 Å². The van der Waals surface area contributed by atoms with Crippen molar-refractivity contribution in [1.29, 1.82) is 0 Å². The zero-order chi connectivity index (χ0) is 13.8. The Bertz CT molecular complexity index is 463. The van der Waals surface area contributed by atoms with Crippen LogP contribution in [0.25, 0.3) is 0 Å². The zero-order valence-electron chi connectivity index (χ0n) is 11.2. The van der Waals surface area contributed by atoms with E-state index in [0.29, 0.717) is 15.6 Å². The molecule has 0 amide bonds. The van der Waals surface area contributed by atoms with E-state index < -0.39 is 0 Å². The number of halogens is 1. The van der Waals surface area contributed by atoms with Gasteiger partial charge in [-0.2, -0.15) is 0 Å². The highest BCUT2D eigenvalue weighted by Gasteiger charge is 2.14. The Morgan fingerprint density at radius 1 is 1.44 bits per heavy atom. The first-order valence-corrected chi connectivity index (χ1v) is 6.62. The van der Waals surface area contributed by atoms with Crippen LogP contribution in [-0.4, -0.2) is 16.0 Å². The van der Waals surface area contributed by atoms with Gasteiger partial charge in [-0.25, -0.2) is 9.38 Å². The fraction of sp³-hybridized carbons (Fsp3) is 0.357. The summed E-state index contributed by atoms with van der Waals surface area (Å²) in [5, 5.41) is 0.0905. The quantitative estimate of drug-likeness (QED) is 0.459. The van der Waals surface area contributed by atoms with E-state index in [9.17, 15) is 4.39 Å². The Kier molecular flexibility index (Phi) is 4.84. The van der Waals surface area contributed by atoms with Gasteiger partial charge in [0.05, 0.1) is 0 Å². The molecule has 0 aromatic heterocycles. The van der Waals surface area contributed by atoms with E-state index in [0.717, 1.165) is 11.1 Å². The minimum atomic E-state index is -0.273. The molecule has 96 valence electrons. The summed E-state index contributed by atoms with van der Waals surface area (Å²) in [6.07, 6.45) is 1.58. The normalized spacial score (nSPS) is 11.8. The molecular weight excluding hydrogens is 245 g/mol. The molecule has 0 aliphatic heterocycles. The molecule has 0 N–H and O–H groups in total. The van der Waals surface area contributed by atoms with Gasteiger partial charge in [0.1, 0.15) is 5.82 Å². The topological polar surface area (TPSA) is 21.6 Å². The highest BCUT2D eigenvalue weighted by molar-refractivity contribution is 6.32. The van der Waals surface area contributed by atoms with Crippen molar-refractivity contribution in [2.24, 2.45) is 4.99 Å². The summed E-state index contributed by atoms with van der Waals surface area (Å²) in [5.41, 5.74) is 1.70. The fourth-order valence-corrected chi connectivity index (χ4v) is 1.61. The van der Waals surface area contributed by atoms with Crippen molar-refractivity contribution in [1.82, 2.24) is 0 Å². The number of hydrogen-bond donors (Lipinski definition) is 0. The minimum Gasteiger partial charge on any atom is -0.528 e. The Balaban J connectivity index is 2.64. The first kappa shape index (κ1) is 14.6. The Morgan fingerprint density at radius 2 is 2.11 bits per heavy atom. The predicted molar refractivity (Wildman–Crippen MR) is 74.4 cm³/mol. The van der Waals surface area contributed by atoms with Gasteiger partial charge >= 0.3 is 9.76 Å². The highest BCUT2D eigenvalue weighted by atomic mass is 28.2. The monoisotopic (exact) mass is 263 g/mol. The van der Waals surface area contributed by atoms with E-state index in [4.69, 9.17) is 4.43 Å². The molecule has 0 spiro atoms. The van der Waals surface area contributed by atoms with Crippen LogP contribution in [0.4, 0.5) is 4.39 Å². The minimum absolute atomic E-state index is 0.0905. The summed E-state index contributed by atoms with van der Waals surface area (Å²) in [7, 11) is 0.297. The van der Waals surface area contributed by atoms with Gasteiger partial charge in [-0.3, -0.25) is 0 Å². The third kappa shape index (κ3) is 5.27. The van der Waals surface area contributed by atoms with Crippen LogP contribution in [-0.2, 0) is 4.43 Å². The molecule has 2 nitrogen and oxygen atoms in total.